The fourth-order valence-corrected chi connectivity index (χ4v) is 1.46. The van der Waals surface area contributed by atoms with Gasteiger partial charge in [0.15, 0.2) is 5.82 Å². The molecule has 94 valence electrons. The summed E-state index contributed by atoms with van der Waals surface area (Å²) in [5.41, 5.74) is 9.62. The van der Waals surface area contributed by atoms with Crippen LogP contribution in [0, 0.1) is 0 Å². The Kier molecular flexibility index (Phi) is 2.77. The standard InChI is InChI=1S/C10H8F3N5/c11-10(12,13)6-4-2-1-3-5(6)7-16-8(14)18-9(15)17-7/h1-4H,(H4,14,15,16,17,18). The number of benzene rings is 1. The highest BCUT2D eigenvalue weighted by molar-refractivity contribution is 5.62. The second-order valence-electron chi connectivity index (χ2n) is 3.42. The Hall–Kier alpha value is -2.38. The highest BCUT2D eigenvalue weighted by Crippen LogP contribution is 2.35. The molecular formula is C10H8F3N5. The molecule has 1 aromatic carbocycles. The van der Waals surface area contributed by atoms with Crippen molar-refractivity contribution < 1.29 is 13.2 Å². The first-order chi connectivity index (χ1) is 8.38. The Balaban J connectivity index is 2.64. The maximum atomic E-state index is 12.8. The van der Waals surface area contributed by atoms with Crippen molar-refractivity contribution in [2.45, 2.75) is 6.18 Å². The van der Waals surface area contributed by atoms with Crippen LogP contribution in [0.1, 0.15) is 5.56 Å². The summed E-state index contributed by atoms with van der Waals surface area (Å²) in [6.07, 6.45) is -4.51. The van der Waals surface area contributed by atoms with E-state index in [2.05, 4.69) is 15.0 Å². The third-order valence-electron chi connectivity index (χ3n) is 2.14. The zero-order valence-electron chi connectivity index (χ0n) is 8.94. The van der Waals surface area contributed by atoms with Crippen LogP contribution in [-0.4, -0.2) is 15.0 Å². The first-order valence-corrected chi connectivity index (χ1v) is 4.81. The number of aromatic nitrogens is 3. The molecule has 0 saturated heterocycles. The second-order valence-corrected chi connectivity index (χ2v) is 3.42. The topological polar surface area (TPSA) is 90.7 Å². The molecule has 0 spiro atoms. The molecule has 0 fully saturated rings. The van der Waals surface area contributed by atoms with Crippen LogP contribution in [0.5, 0.6) is 0 Å². The monoisotopic (exact) mass is 255 g/mol. The van der Waals surface area contributed by atoms with E-state index >= 15 is 0 Å². The number of hydrogen-bond acceptors (Lipinski definition) is 5. The van der Waals surface area contributed by atoms with Crippen LogP contribution in [0.15, 0.2) is 24.3 Å². The summed E-state index contributed by atoms with van der Waals surface area (Å²) >= 11 is 0. The van der Waals surface area contributed by atoms with Crippen molar-refractivity contribution in [1.82, 2.24) is 15.0 Å². The lowest BCUT2D eigenvalue weighted by Crippen LogP contribution is -2.10. The summed E-state index contributed by atoms with van der Waals surface area (Å²) in [6.45, 7) is 0. The first kappa shape index (κ1) is 12.1. The highest BCUT2D eigenvalue weighted by atomic mass is 19.4. The van der Waals surface area contributed by atoms with E-state index in [4.69, 9.17) is 11.5 Å². The van der Waals surface area contributed by atoms with Gasteiger partial charge in [-0.25, -0.2) is 0 Å². The van der Waals surface area contributed by atoms with Crippen molar-refractivity contribution in [3.05, 3.63) is 29.8 Å². The van der Waals surface area contributed by atoms with Gasteiger partial charge >= 0.3 is 6.18 Å². The molecule has 1 heterocycles. The molecule has 0 aliphatic carbocycles. The minimum Gasteiger partial charge on any atom is -0.368 e. The number of nitrogens with two attached hydrogens (primary N) is 2. The number of rotatable bonds is 1. The molecule has 8 heteroatoms. The summed E-state index contributed by atoms with van der Waals surface area (Å²) in [5.74, 6) is -0.656. The van der Waals surface area contributed by atoms with Gasteiger partial charge in [-0.15, -0.1) is 0 Å². The van der Waals surface area contributed by atoms with Gasteiger partial charge in [0.05, 0.1) is 5.56 Å². The summed E-state index contributed by atoms with van der Waals surface area (Å²) in [5, 5.41) is 0. The number of nitrogens with zero attached hydrogens (tertiary/aromatic N) is 3. The predicted octanol–water partition coefficient (Wildman–Crippen LogP) is 1.72. The molecular weight excluding hydrogens is 247 g/mol. The molecule has 0 saturated carbocycles. The molecule has 0 aliphatic rings. The van der Waals surface area contributed by atoms with E-state index in [1.165, 1.54) is 18.2 Å². The maximum absolute atomic E-state index is 12.8. The van der Waals surface area contributed by atoms with Crippen LogP contribution in [0.3, 0.4) is 0 Å². The fourth-order valence-electron chi connectivity index (χ4n) is 1.46. The highest BCUT2D eigenvalue weighted by Gasteiger charge is 2.34. The third kappa shape index (κ3) is 2.31. The van der Waals surface area contributed by atoms with Gasteiger partial charge in [0, 0.05) is 5.56 Å². The molecule has 5 nitrogen and oxygen atoms in total. The molecule has 2 aromatic rings. The number of hydrogen-bond donors (Lipinski definition) is 2. The Bertz CT molecular complexity index is 562. The number of halogens is 3. The van der Waals surface area contributed by atoms with Crippen LogP contribution in [-0.2, 0) is 6.18 Å². The lowest BCUT2D eigenvalue weighted by molar-refractivity contribution is -0.137. The van der Waals surface area contributed by atoms with E-state index in [0.717, 1.165) is 6.07 Å². The fraction of sp³-hybridized carbons (Fsp3) is 0.100. The van der Waals surface area contributed by atoms with Gasteiger partial charge in [-0.2, -0.15) is 28.1 Å². The van der Waals surface area contributed by atoms with Gasteiger partial charge in [0.2, 0.25) is 11.9 Å². The van der Waals surface area contributed by atoms with Crippen LogP contribution >= 0.6 is 0 Å². The van der Waals surface area contributed by atoms with Crippen LogP contribution < -0.4 is 11.5 Å². The largest absolute Gasteiger partial charge is 0.417 e. The average molecular weight is 255 g/mol. The molecule has 2 rings (SSSR count). The maximum Gasteiger partial charge on any atom is 0.417 e. The summed E-state index contributed by atoms with van der Waals surface area (Å²) in [4.78, 5) is 10.8. The second kappa shape index (κ2) is 4.13. The number of anilines is 2. The molecule has 0 aliphatic heterocycles. The van der Waals surface area contributed by atoms with E-state index in [-0.39, 0.29) is 23.3 Å². The lowest BCUT2D eigenvalue weighted by atomic mass is 10.1. The van der Waals surface area contributed by atoms with Gasteiger partial charge in [0.1, 0.15) is 0 Å². The molecule has 0 unspecified atom stereocenters. The van der Waals surface area contributed by atoms with Crippen molar-refractivity contribution in [3.8, 4) is 11.4 Å². The Labute approximate surface area is 99.7 Å². The lowest BCUT2D eigenvalue weighted by Gasteiger charge is -2.11. The van der Waals surface area contributed by atoms with E-state index in [0.29, 0.717) is 0 Å². The molecule has 1 aromatic heterocycles. The van der Waals surface area contributed by atoms with E-state index in [1.807, 2.05) is 0 Å². The number of alkyl halides is 3. The molecule has 0 amide bonds. The average Bonchev–Trinajstić information content (AvgIpc) is 2.26. The minimum atomic E-state index is -4.51. The molecule has 4 N–H and O–H groups in total. The Morgan fingerprint density at radius 2 is 1.44 bits per heavy atom. The quantitative estimate of drug-likeness (QED) is 0.809. The summed E-state index contributed by atoms with van der Waals surface area (Å²) < 4.78 is 38.4. The zero-order valence-corrected chi connectivity index (χ0v) is 8.94. The van der Waals surface area contributed by atoms with Gasteiger partial charge < -0.3 is 11.5 Å². The van der Waals surface area contributed by atoms with Crippen LogP contribution in [0.4, 0.5) is 25.1 Å². The minimum absolute atomic E-state index is 0.189. The van der Waals surface area contributed by atoms with Gasteiger partial charge in [0.25, 0.3) is 0 Å². The Morgan fingerprint density at radius 3 is 2.00 bits per heavy atom. The zero-order chi connectivity index (χ0) is 13.3. The van der Waals surface area contributed by atoms with Crippen molar-refractivity contribution in [1.29, 1.82) is 0 Å². The van der Waals surface area contributed by atoms with Crippen LogP contribution in [0.25, 0.3) is 11.4 Å². The normalized spacial score (nSPS) is 11.5. The van der Waals surface area contributed by atoms with Crippen molar-refractivity contribution in [3.63, 3.8) is 0 Å². The van der Waals surface area contributed by atoms with Gasteiger partial charge in [-0.1, -0.05) is 18.2 Å². The van der Waals surface area contributed by atoms with Crippen molar-refractivity contribution in [2.75, 3.05) is 11.5 Å². The van der Waals surface area contributed by atoms with Crippen molar-refractivity contribution in [2.24, 2.45) is 0 Å². The Morgan fingerprint density at radius 1 is 0.889 bits per heavy atom. The van der Waals surface area contributed by atoms with Crippen LogP contribution in [0.2, 0.25) is 0 Å². The summed E-state index contributed by atoms with van der Waals surface area (Å²) in [6, 6.07) is 4.91. The third-order valence-corrected chi connectivity index (χ3v) is 2.14. The first-order valence-electron chi connectivity index (χ1n) is 4.81. The molecule has 0 radical (unpaired) electrons. The SMILES string of the molecule is Nc1nc(N)nc(-c2ccccc2C(F)(F)F)n1. The predicted molar refractivity (Wildman–Crippen MR) is 59.1 cm³/mol. The van der Waals surface area contributed by atoms with Gasteiger partial charge in [-0.05, 0) is 6.07 Å². The smallest absolute Gasteiger partial charge is 0.368 e. The van der Waals surface area contributed by atoms with Crippen molar-refractivity contribution >= 4 is 11.9 Å². The van der Waals surface area contributed by atoms with E-state index in [1.54, 1.807) is 0 Å². The molecule has 0 atom stereocenters. The van der Waals surface area contributed by atoms with E-state index in [9.17, 15) is 13.2 Å². The van der Waals surface area contributed by atoms with Gasteiger partial charge in [-0.3, -0.25) is 0 Å². The molecule has 0 bridgehead atoms. The molecule has 18 heavy (non-hydrogen) atoms. The summed E-state index contributed by atoms with van der Waals surface area (Å²) in [7, 11) is 0. The van der Waals surface area contributed by atoms with E-state index < -0.39 is 11.7 Å². The number of nitrogen functional groups attached to an aromatic ring is 2.